The van der Waals surface area contributed by atoms with Gasteiger partial charge in [0.25, 0.3) is 0 Å². The average Bonchev–Trinajstić information content (AvgIpc) is 3.22. The number of unbranched alkanes of at least 4 members (excludes halogenated alkanes) is 6. The van der Waals surface area contributed by atoms with E-state index in [1.807, 2.05) is 0 Å². The number of hydrogen-bond acceptors (Lipinski definition) is 6. The Labute approximate surface area is 329 Å². The normalized spacial score (nSPS) is 13.5. The molecule has 2 aliphatic heterocycles. The van der Waals surface area contributed by atoms with Gasteiger partial charge in [-0.15, -0.1) is 0 Å². The quantitative estimate of drug-likeness (QED) is 0.0917. The standard InChI is InChI=1S/C50H50O6/c1-3-5-7-17-27-51-45-41-29-53-47-37-23-13-9-19-33(37)35-21-11-15-25-39(35)49(47)55-31-43(41)46(52-28-18-8-6-4-2)44-32-56-50-40-26-16-12-22-36(40)34-20-10-14-24-38(34)48(50)54-30-42(44)45/h9-16,19-26H,3-8,17-18,27-32H2,1-2H3. The minimum atomic E-state index is 0.294. The van der Waals surface area contributed by atoms with Crippen LogP contribution in [0.5, 0.6) is 34.5 Å². The fraction of sp³-hybridized carbons (Fsp3) is 0.320. The summed E-state index contributed by atoms with van der Waals surface area (Å²) >= 11 is 0. The molecule has 2 aliphatic rings. The Bertz CT molecular complexity index is 2200. The van der Waals surface area contributed by atoms with E-state index in [1.165, 1.54) is 12.8 Å². The van der Waals surface area contributed by atoms with Crippen LogP contribution < -0.4 is 28.4 Å². The molecule has 0 aliphatic carbocycles. The Morgan fingerprint density at radius 1 is 0.357 bits per heavy atom. The molecular weight excluding hydrogens is 697 g/mol. The Balaban J connectivity index is 1.21. The molecule has 7 aromatic rings. The minimum absolute atomic E-state index is 0.294. The third kappa shape index (κ3) is 6.59. The summed E-state index contributed by atoms with van der Waals surface area (Å²) in [6.07, 6.45) is 8.81. The van der Waals surface area contributed by atoms with Crippen molar-refractivity contribution in [2.45, 2.75) is 91.6 Å². The molecule has 0 saturated carbocycles. The van der Waals surface area contributed by atoms with Crippen LogP contribution in [-0.2, 0) is 26.4 Å². The second-order valence-corrected chi connectivity index (χ2v) is 15.0. The number of fused-ring (bicyclic) bond motifs is 14. The molecule has 0 aromatic heterocycles. The average molecular weight is 747 g/mol. The molecule has 7 aromatic carbocycles. The summed E-state index contributed by atoms with van der Waals surface area (Å²) < 4.78 is 41.6. The van der Waals surface area contributed by atoms with E-state index >= 15 is 0 Å². The van der Waals surface area contributed by atoms with Crippen molar-refractivity contribution in [2.24, 2.45) is 0 Å². The highest BCUT2D eigenvalue weighted by Gasteiger charge is 2.32. The number of hydrogen-bond donors (Lipinski definition) is 0. The van der Waals surface area contributed by atoms with E-state index in [0.29, 0.717) is 39.6 Å². The molecule has 0 bridgehead atoms. The Morgan fingerprint density at radius 3 is 0.893 bits per heavy atom. The van der Waals surface area contributed by atoms with E-state index in [9.17, 15) is 0 Å². The van der Waals surface area contributed by atoms with E-state index in [2.05, 4.69) is 111 Å². The molecular formula is C50H50O6. The van der Waals surface area contributed by atoms with Gasteiger partial charge in [0.1, 0.15) is 37.9 Å². The Morgan fingerprint density at radius 2 is 0.625 bits per heavy atom. The summed E-state index contributed by atoms with van der Waals surface area (Å²) in [6.45, 7) is 6.82. The second kappa shape index (κ2) is 16.2. The van der Waals surface area contributed by atoms with Gasteiger partial charge in [0, 0.05) is 43.8 Å². The van der Waals surface area contributed by atoms with Gasteiger partial charge in [0.15, 0.2) is 23.0 Å². The van der Waals surface area contributed by atoms with Gasteiger partial charge in [-0.1, -0.05) is 149 Å². The van der Waals surface area contributed by atoms with Gasteiger partial charge in [-0.25, -0.2) is 0 Å². The lowest BCUT2D eigenvalue weighted by molar-refractivity contribution is 0.205. The van der Waals surface area contributed by atoms with Gasteiger partial charge in [0.05, 0.1) is 13.2 Å². The molecule has 2 heterocycles. The molecule has 0 unspecified atom stereocenters. The van der Waals surface area contributed by atoms with Gasteiger partial charge in [-0.2, -0.15) is 0 Å². The molecule has 0 amide bonds. The zero-order valence-corrected chi connectivity index (χ0v) is 32.6. The largest absolute Gasteiger partial charge is 0.493 e. The van der Waals surface area contributed by atoms with Crippen LogP contribution in [0.4, 0.5) is 0 Å². The SMILES string of the molecule is CCCCCCOc1c2c(c(OCCCCCC)c3c1COc1c(c4ccccc4c4ccccc14)OC3)COc1c(c3ccccc3c3ccccc13)OC2. The van der Waals surface area contributed by atoms with Crippen molar-refractivity contribution in [3.8, 4) is 34.5 Å². The fourth-order valence-corrected chi connectivity index (χ4v) is 8.58. The van der Waals surface area contributed by atoms with Crippen molar-refractivity contribution < 1.29 is 28.4 Å². The summed E-state index contributed by atoms with van der Waals surface area (Å²) in [6, 6.07) is 33.7. The van der Waals surface area contributed by atoms with Gasteiger partial charge in [-0.05, 0) is 34.4 Å². The molecule has 6 nitrogen and oxygen atoms in total. The van der Waals surface area contributed by atoms with E-state index in [-0.39, 0.29) is 0 Å². The first kappa shape index (κ1) is 36.0. The lowest BCUT2D eigenvalue weighted by Gasteiger charge is -2.30. The monoisotopic (exact) mass is 746 g/mol. The molecule has 0 saturated heterocycles. The summed E-state index contributed by atoms with van der Waals surface area (Å²) in [4.78, 5) is 0. The highest BCUT2D eigenvalue weighted by molar-refractivity contribution is 6.14. The second-order valence-electron chi connectivity index (χ2n) is 15.0. The van der Waals surface area contributed by atoms with Gasteiger partial charge in [-0.3, -0.25) is 0 Å². The number of benzene rings is 7. The third-order valence-electron chi connectivity index (χ3n) is 11.4. The van der Waals surface area contributed by atoms with E-state index in [4.69, 9.17) is 28.4 Å². The molecule has 0 fully saturated rings. The van der Waals surface area contributed by atoms with E-state index in [0.717, 1.165) is 138 Å². The van der Waals surface area contributed by atoms with Crippen molar-refractivity contribution >= 4 is 43.1 Å². The maximum Gasteiger partial charge on any atom is 0.170 e. The molecule has 9 rings (SSSR count). The fourth-order valence-electron chi connectivity index (χ4n) is 8.58. The summed E-state index contributed by atoms with van der Waals surface area (Å²) in [7, 11) is 0. The Hall–Kier alpha value is -5.62. The zero-order chi connectivity index (χ0) is 37.8. The molecule has 56 heavy (non-hydrogen) atoms. The number of ether oxygens (including phenoxy) is 6. The maximum atomic E-state index is 6.95. The summed E-state index contributed by atoms with van der Waals surface area (Å²) in [5, 5.41) is 8.65. The first-order valence-corrected chi connectivity index (χ1v) is 20.6. The van der Waals surface area contributed by atoms with Crippen LogP contribution in [0.25, 0.3) is 43.1 Å². The molecule has 0 N–H and O–H groups in total. The molecule has 6 heteroatoms. The van der Waals surface area contributed by atoms with Gasteiger partial charge >= 0.3 is 0 Å². The summed E-state index contributed by atoms with van der Waals surface area (Å²) in [5.41, 5.74) is 3.77. The van der Waals surface area contributed by atoms with E-state index < -0.39 is 0 Å². The van der Waals surface area contributed by atoms with Crippen LogP contribution in [0.3, 0.4) is 0 Å². The van der Waals surface area contributed by atoms with Gasteiger partial charge < -0.3 is 28.4 Å². The lowest BCUT2D eigenvalue weighted by atomic mass is 9.94. The summed E-state index contributed by atoms with van der Waals surface area (Å²) in [5.74, 6) is 4.58. The highest BCUT2D eigenvalue weighted by Crippen LogP contribution is 2.51. The lowest BCUT2D eigenvalue weighted by Crippen LogP contribution is -2.20. The van der Waals surface area contributed by atoms with E-state index in [1.54, 1.807) is 0 Å². The van der Waals surface area contributed by atoms with Crippen LogP contribution in [0.2, 0.25) is 0 Å². The minimum Gasteiger partial charge on any atom is -0.493 e. The maximum absolute atomic E-state index is 6.95. The first-order chi connectivity index (χ1) is 27.8. The van der Waals surface area contributed by atoms with Crippen molar-refractivity contribution in [3.63, 3.8) is 0 Å². The van der Waals surface area contributed by atoms with Crippen LogP contribution in [0, 0.1) is 0 Å². The Kier molecular flexibility index (Phi) is 10.4. The van der Waals surface area contributed by atoms with Crippen molar-refractivity contribution in [3.05, 3.63) is 119 Å². The van der Waals surface area contributed by atoms with Crippen LogP contribution >= 0.6 is 0 Å². The smallest absolute Gasteiger partial charge is 0.170 e. The third-order valence-corrected chi connectivity index (χ3v) is 11.4. The first-order valence-electron chi connectivity index (χ1n) is 20.6. The number of rotatable bonds is 12. The zero-order valence-electron chi connectivity index (χ0n) is 32.6. The predicted octanol–water partition coefficient (Wildman–Crippen LogP) is 13.2. The molecule has 0 atom stereocenters. The highest BCUT2D eigenvalue weighted by atomic mass is 16.5. The topological polar surface area (TPSA) is 55.4 Å². The van der Waals surface area contributed by atoms with Crippen LogP contribution in [-0.4, -0.2) is 13.2 Å². The molecule has 286 valence electrons. The predicted molar refractivity (Wildman–Crippen MR) is 226 cm³/mol. The van der Waals surface area contributed by atoms with Crippen LogP contribution in [0.1, 0.15) is 87.5 Å². The van der Waals surface area contributed by atoms with Crippen molar-refractivity contribution in [1.82, 2.24) is 0 Å². The van der Waals surface area contributed by atoms with Gasteiger partial charge in [0.2, 0.25) is 0 Å². The van der Waals surface area contributed by atoms with Crippen LogP contribution in [0.15, 0.2) is 97.1 Å². The molecule has 0 radical (unpaired) electrons. The van der Waals surface area contributed by atoms with Crippen molar-refractivity contribution in [2.75, 3.05) is 13.2 Å². The molecule has 0 spiro atoms. The van der Waals surface area contributed by atoms with Crippen molar-refractivity contribution in [1.29, 1.82) is 0 Å².